The van der Waals surface area contributed by atoms with Gasteiger partial charge in [-0.2, -0.15) is 0 Å². The highest BCUT2D eigenvalue weighted by Gasteiger charge is 2.33. The Hall–Kier alpha value is -0.860. The monoisotopic (exact) mass is 273 g/mol. The molecule has 3 rings (SSSR count). The van der Waals surface area contributed by atoms with Gasteiger partial charge < -0.3 is 10.0 Å². The lowest BCUT2D eigenvalue weighted by molar-refractivity contribution is 0.137. The lowest BCUT2D eigenvalue weighted by Crippen LogP contribution is -2.30. The van der Waals surface area contributed by atoms with Gasteiger partial charge in [0.2, 0.25) is 0 Å². The Labute approximate surface area is 122 Å². The molecular weight excluding hydrogens is 246 g/mol. The highest BCUT2D eigenvalue weighted by molar-refractivity contribution is 5.29. The molecule has 0 radical (unpaired) electrons. The molecule has 2 saturated carbocycles. The molecule has 2 heteroatoms. The topological polar surface area (TPSA) is 23.5 Å². The Morgan fingerprint density at radius 3 is 2.30 bits per heavy atom. The average Bonchev–Trinajstić information content (AvgIpc) is 3.25. The van der Waals surface area contributed by atoms with E-state index in [4.69, 9.17) is 0 Å². The van der Waals surface area contributed by atoms with Gasteiger partial charge in [-0.05, 0) is 57.4 Å². The number of nitrogens with zero attached hydrogens (tertiary/aromatic N) is 1. The minimum atomic E-state index is -0.311. The SMILES string of the molecule is Cc1cc(C)cc(C(O)CCN(CC2CC2)C2CC2)c1. The molecule has 2 aliphatic rings. The molecule has 0 saturated heterocycles. The second-order valence-electron chi connectivity index (χ2n) is 6.90. The average molecular weight is 273 g/mol. The summed E-state index contributed by atoms with van der Waals surface area (Å²) in [5, 5.41) is 10.4. The van der Waals surface area contributed by atoms with Crippen LogP contribution in [-0.2, 0) is 0 Å². The zero-order valence-corrected chi connectivity index (χ0v) is 12.8. The summed E-state index contributed by atoms with van der Waals surface area (Å²) in [7, 11) is 0. The zero-order chi connectivity index (χ0) is 14.1. The van der Waals surface area contributed by atoms with Crippen molar-refractivity contribution in [1.29, 1.82) is 0 Å². The molecule has 0 amide bonds. The Kier molecular flexibility index (Phi) is 4.13. The molecule has 0 spiro atoms. The molecule has 1 aromatic rings. The van der Waals surface area contributed by atoms with Gasteiger partial charge in [0.1, 0.15) is 0 Å². The number of hydrogen-bond donors (Lipinski definition) is 1. The summed E-state index contributed by atoms with van der Waals surface area (Å²) in [4.78, 5) is 2.63. The van der Waals surface area contributed by atoms with Crippen LogP contribution in [0.3, 0.4) is 0 Å². The highest BCUT2D eigenvalue weighted by atomic mass is 16.3. The number of aliphatic hydroxyl groups is 1. The van der Waals surface area contributed by atoms with Crippen molar-refractivity contribution in [2.45, 2.75) is 58.1 Å². The maximum Gasteiger partial charge on any atom is 0.0802 e. The summed E-state index contributed by atoms with van der Waals surface area (Å²) in [5.74, 6) is 0.953. The van der Waals surface area contributed by atoms with Crippen molar-refractivity contribution in [3.8, 4) is 0 Å². The van der Waals surface area contributed by atoms with Gasteiger partial charge in [-0.25, -0.2) is 0 Å². The van der Waals surface area contributed by atoms with E-state index in [1.165, 1.54) is 43.4 Å². The molecule has 1 unspecified atom stereocenters. The molecule has 2 nitrogen and oxygen atoms in total. The van der Waals surface area contributed by atoms with Crippen LogP contribution in [0.5, 0.6) is 0 Å². The molecule has 20 heavy (non-hydrogen) atoms. The Balaban J connectivity index is 1.55. The van der Waals surface area contributed by atoms with Gasteiger partial charge in [0, 0.05) is 19.1 Å². The lowest BCUT2D eigenvalue weighted by Gasteiger charge is -2.23. The molecule has 1 atom stereocenters. The summed E-state index contributed by atoms with van der Waals surface area (Å²) in [6.07, 6.45) is 6.13. The predicted molar refractivity (Wildman–Crippen MR) is 82.8 cm³/mol. The molecule has 0 aliphatic heterocycles. The molecule has 0 aromatic heterocycles. The fourth-order valence-electron chi connectivity index (χ4n) is 3.15. The maximum absolute atomic E-state index is 10.4. The third-order valence-electron chi connectivity index (χ3n) is 4.57. The number of benzene rings is 1. The van der Waals surface area contributed by atoms with Crippen LogP contribution >= 0.6 is 0 Å². The number of hydrogen-bond acceptors (Lipinski definition) is 2. The number of rotatable bonds is 7. The lowest BCUT2D eigenvalue weighted by atomic mass is 10.0. The second kappa shape index (κ2) is 5.87. The number of aryl methyl sites for hydroxylation is 2. The first-order valence-corrected chi connectivity index (χ1v) is 8.12. The van der Waals surface area contributed by atoms with E-state index in [0.717, 1.165) is 30.5 Å². The van der Waals surface area contributed by atoms with Crippen LogP contribution in [0.25, 0.3) is 0 Å². The van der Waals surface area contributed by atoms with Crippen molar-refractivity contribution in [2.24, 2.45) is 5.92 Å². The van der Waals surface area contributed by atoms with Gasteiger partial charge in [0.15, 0.2) is 0 Å². The zero-order valence-electron chi connectivity index (χ0n) is 12.8. The quantitative estimate of drug-likeness (QED) is 0.820. The highest BCUT2D eigenvalue weighted by Crippen LogP contribution is 2.35. The maximum atomic E-state index is 10.4. The van der Waals surface area contributed by atoms with Crippen LogP contribution in [0.4, 0.5) is 0 Å². The van der Waals surface area contributed by atoms with Crippen LogP contribution in [0, 0.1) is 19.8 Å². The normalized spacial score (nSPS) is 20.4. The van der Waals surface area contributed by atoms with Crippen LogP contribution in [0.15, 0.2) is 18.2 Å². The van der Waals surface area contributed by atoms with Crippen molar-refractivity contribution in [1.82, 2.24) is 4.90 Å². The van der Waals surface area contributed by atoms with Gasteiger partial charge in [-0.15, -0.1) is 0 Å². The third kappa shape index (κ3) is 3.83. The van der Waals surface area contributed by atoms with Crippen LogP contribution in [0.2, 0.25) is 0 Å². The molecule has 110 valence electrons. The minimum Gasteiger partial charge on any atom is -0.388 e. The van der Waals surface area contributed by atoms with Crippen molar-refractivity contribution < 1.29 is 5.11 Å². The van der Waals surface area contributed by atoms with Crippen molar-refractivity contribution in [3.63, 3.8) is 0 Å². The molecule has 2 fully saturated rings. The van der Waals surface area contributed by atoms with Crippen LogP contribution in [-0.4, -0.2) is 29.1 Å². The molecule has 1 aromatic carbocycles. The van der Waals surface area contributed by atoms with Gasteiger partial charge in [0.25, 0.3) is 0 Å². The van der Waals surface area contributed by atoms with Gasteiger partial charge in [-0.1, -0.05) is 29.3 Å². The standard InChI is InChI=1S/C18H27NO/c1-13-9-14(2)11-16(10-13)18(20)7-8-19(17-5-6-17)12-15-3-4-15/h9-11,15,17-18,20H,3-8,12H2,1-2H3. The van der Waals surface area contributed by atoms with Crippen LogP contribution in [0.1, 0.15) is 54.9 Å². The minimum absolute atomic E-state index is 0.311. The first kappa shape index (κ1) is 14.1. The Bertz CT molecular complexity index is 442. The van der Waals surface area contributed by atoms with E-state index in [1.54, 1.807) is 0 Å². The Morgan fingerprint density at radius 1 is 1.10 bits per heavy atom. The van der Waals surface area contributed by atoms with E-state index >= 15 is 0 Å². The van der Waals surface area contributed by atoms with E-state index in [9.17, 15) is 5.11 Å². The molecule has 0 bridgehead atoms. The van der Waals surface area contributed by atoms with Crippen molar-refractivity contribution in [3.05, 3.63) is 34.9 Å². The number of aliphatic hydroxyl groups excluding tert-OH is 1. The summed E-state index contributed by atoms with van der Waals surface area (Å²) < 4.78 is 0. The first-order valence-electron chi connectivity index (χ1n) is 8.12. The summed E-state index contributed by atoms with van der Waals surface area (Å²) >= 11 is 0. The first-order chi connectivity index (χ1) is 9.61. The summed E-state index contributed by atoms with van der Waals surface area (Å²) in [6.45, 7) is 6.53. The van der Waals surface area contributed by atoms with E-state index in [0.29, 0.717) is 0 Å². The van der Waals surface area contributed by atoms with Gasteiger partial charge >= 0.3 is 0 Å². The van der Waals surface area contributed by atoms with Gasteiger partial charge in [-0.3, -0.25) is 0 Å². The smallest absolute Gasteiger partial charge is 0.0802 e. The summed E-state index contributed by atoms with van der Waals surface area (Å²) in [5.41, 5.74) is 3.58. The molecule has 0 heterocycles. The van der Waals surface area contributed by atoms with Crippen molar-refractivity contribution >= 4 is 0 Å². The third-order valence-corrected chi connectivity index (χ3v) is 4.57. The Morgan fingerprint density at radius 2 is 1.75 bits per heavy atom. The predicted octanol–water partition coefficient (Wildman–Crippen LogP) is 3.60. The second-order valence-corrected chi connectivity index (χ2v) is 6.90. The molecule has 1 N–H and O–H groups in total. The van der Waals surface area contributed by atoms with E-state index in [-0.39, 0.29) is 6.10 Å². The van der Waals surface area contributed by atoms with Crippen molar-refractivity contribution in [2.75, 3.05) is 13.1 Å². The largest absolute Gasteiger partial charge is 0.388 e. The molecular formula is C18H27NO. The molecule has 2 aliphatic carbocycles. The fourth-order valence-corrected chi connectivity index (χ4v) is 3.15. The van der Waals surface area contributed by atoms with E-state index in [2.05, 4.69) is 36.9 Å². The van der Waals surface area contributed by atoms with Gasteiger partial charge in [0.05, 0.1) is 6.10 Å². The van der Waals surface area contributed by atoms with E-state index in [1.807, 2.05) is 0 Å². The van der Waals surface area contributed by atoms with Crippen LogP contribution < -0.4 is 0 Å². The van der Waals surface area contributed by atoms with E-state index < -0.39 is 0 Å². The summed E-state index contributed by atoms with van der Waals surface area (Å²) in [6, 6.07) is 7.24. The fraction of sp³-hybridized carbons (Fsp3) is 0.667.